The predicted molar refractivity (Wildman–Crippen MR) is 136 cm³/mol. The van der Waals surface area contributed by atoms with Crippen molar-refractivity contribution in [2.45, 2.75) is 32.9 Å². The maximum absolute atomic E-state index is 14.2. The van der Waals surface area contributed by atoms with E-state index in [1.165, 1.54) is 11.8 Å². The second-order valence-corrected chi connectivity index (χ2v) is 9.98. The van der Waals surface area contributed by atoms with E-state index in [-0.39, 0.29) is 36.4 Å². The SMILES string of the molecule is Cc1c(C(=O)[O-])cn(-c2cc(Cl)ccc2C(=O)N2Cc3ccccc3C[C@H]2CN2CCOCC2)c1C.[Li+]. The number of carboxylic acid groups (broad SMARTS) is 1. The van der Waals surface area contributed by atoms with Crippen LogP contribution in [0.3, 0.4) is 0 Å². The fraction of sp³-hybridized carbons (Fsp3) is 0.357. The van der Waals surface area contributed by atoms with Gasteiger partial charge in [-0.25, -0.2) is 0 Å². The number of aromatic nitrogens is 1. The summed E-state index contributed by atoms with van der Waals surface area (Å²) >= 11 is 6.36. The van der Waals surface area contributed by atoms with Crippen molar-refractivity contribution < 1.29 is 38.3 Å². The molecule has 2 aliphatic rings. The molecule has 1 amide bonds. The molecule has 188 valence electrons. The van der Waals surface area contributed by atoms with E-state index in [9.17, 15) is 14.7 Å². The molecule has 0 bridgehead atoms. The van der Waals surface area contributed by atoms with Crippen molar-refractivity contribution in [2.24, 2.45) is 0 Å². The second kappa shape index (κ2) is 11.5. The molecule has 0 aliphatic carbocycles. The number of hydrogen-bond acceptors (Lipinski definition) is 5. The molecule has 0 spiro atoms. The molecule has 1 atom stereocenters. The minimum atomic E-state index is -1.25. The van der Waals surface area contributed by atoms with Gasteiger partial charge in [-0.15, -0.1) is 0 Å². The zero-order chi connectivity index (χ0) is 25.4. The van der Waals surface area contributed by atoms with E-state index in [1.807, 2.05) is 24.0 Å². The molecule has 2 aliphatic heterocycles. The van der Waals surface area contributed by atoms with Crippen molar-refractivity contribution in [3.63, 3.8) is 0 Å². The summed E-state index contributed by atoms with van der Waals surface area (Å²) in [5.41, 5.74) is 4.88. The maximum Gasteiger partial charge on any atom is 1.00 e. The van der Waals surface area contributed by atoms with E-state index in [0.29, 0.717) is 41.6 Å². The number of carbonyl (C=O) groups excluding carboxylic acids is 2. The number of halogens is 1. The van der Waals surface area contributed by atoms with Gasteiger partial charge < -0.3 is 24.1 Å². The Bertz CT molecular complexity index is 1320. The van der Waals surface area contributed by atoms with Crippen LogP contribution in [0.4, 0.5) is 0 Å². The Balaban J connectivity index is 0.00000320. The standard InChI is InChI=1S/C28H30ClN3O4.Li/c1-18-19(2)31(17-25(18)28(34)35)26-14-22(29)7-8-24(26)27(33)32-15-21-6-4-3-5-20(21)13-23(32)16-30-9-11-36-12-10-30;/h3-8,14,17,23H,9-13,15-16H2,1-2H3,(H,34,35);/q;+1/p-1/t23-;/m0./s1. The number of ether oxygens (including phenoxy) is 1. The van der Waals surface area contributed by atoms with Crippen LogP contribution in [0.1, 0.15) is 43.1 Å². The Labute approximate surface area is 234 Å². The largest absolute Gasteiger partial charge is 1.00 e. The third-order valence-corrected chi connectivity index (χ3v) is 7.66. The molecule has 37 heavy (non-hydrogen) atoms. The number of hydrogen-bond donors (Lipinski definition) is 0. The number of nitrogens with zero attached hydrogens (tertiary/aromatic N) is 3. The average Bonchev–Trinajstić information content (AvgIpc) is 3.18. The topological polar surface area (TPSA) is 77.8 Å². The van der Waals surface area contributed by atoms with E-state index < -0.39 is 5.97 Å². The number of rotatable bonds is 5. The van der Waals surface area contributed by atoms with Crippen molar-refractivity contribution >= 4 is 23.5 Å². The van der Waals surface area contributed by atoms with E-state index in [0.717, 1.165) is 37.3 Å². The quantitative estimate of drug-likeness (QED) is 0.449. The Hall–Kier alpha value is -2.53. The van der Waals surface area contributed by atoms with Crippen LogP contribution in [0, 0.1) is 13.8 Å². The molecule has 2 aromatic carbocycles. The Morgan fingerprint density at radius 2 is 1.76 bits per heavy atom. The Morgan fingerprint density at radius 3 is 2.43 bits per heavy atom. The Kier molecular flexibility index (Phi) is 8.52. The first-order valence-corrected chi connectivity index (χ1v) is 12.6. The maximum atomic E-state index is 14.2. The molecule has 0 unspecified atom stereocenters. The van der Waals surface area contributed by atoms with Crippen molar-refractivity contribution in [2.75, 3.05) is 32.8 Å². The van der Waals surface area contributed by atoms with E-state index in [4.69, 9.17) is 16.3 Å². The van der Waals surface area contributed by atoms with Gasteiger partial charge in [0.25, 0.3) is 5.91 Å². The molecule has 7 nitrogen and oxygen atoms in total. The minimum absolute atomic E-state index is 0. The first kappa shape index (κ1) is 27.5. The molecule has 0 saturated carbocycles. The molecule has 9 heteroatoms. The first-order chi connectivity index (χ1) is 17.3. The van der Waals surface area contributed by atoms with Crippen molar-refractivity contribution in [1.82, 2.24) is 14.4 Å². The zero-order valence-corrected chi connectivity index (χ0v) is 22.3. The minimum Gasteiger partial charge on any atom is -0.545 e. The number of benzene rings is 2. The van der Waals surface area contributed by atoms with Crippen LogP contribution in [0.25, 0.3) is 5.69 Å². The number of carbonyl (C=O) groups is 2. The van der Waals surface area contributed by atoms with Crippen LogP contribution >= 0.6 is 11.6 Å². The summed E-state index contributed by atoms with van der Waals surface area (Å²) in [6.45, 7) is 7.94. The smallest absolute Gasteiger partial charge is 0.545 e. The van der Waals surface area contributed by atoms with E-state index >= 15 is 0 Å². The molecule has 1 saturated heterocycles. The third-order valence-electron chi connectivity index (χ3n) is 7.42. The summed E-state index contributed by atoms with van der Waals surface area (Å²) in [4.78, 5) is 30.2. The second-order valence-electron chi connectivity index (χ2n) is 9.54. The monoisotopic (exact) mass is 513 g/mol. The van der Waals surface area contributed by atoms with Gasteiger partial charge in [-0.3, -0.25) is 9.69 Å². The van der Waals surface area contributed by atoms with Crippen LogP contribution in [0.5, 0.6) is 0 Å². The fourth-order valence-corrected chi connectivity index (χ4v) is 5.43. The van der Waals surface area contributed by atoms with Crippen LogP contribution in [-0.2, 0) is 17.7 Å². The van der Waals surface area contributed by atoms with Gasteiger partial charge in [-0.05, 0) is 55.2 Å². The molecule has 1 fully saturated rings. The normalized spacial score (nSPS) is 17.7. The molecular formula is C28H29ClLiN3O4. The summed E-state index contributed by atoms with van der Waals surface area (Å²) < 4.78 is 7.25. The summed E-state index contributed by atoms with van der Waals surface area (Å²) in [5.74, 6) is -1.35. The van der Waals surface area contributed by atoms with Gasteiger partial charge in [0, 0.05) is 54.7 Å². The average molecular weight is 514 g/mol. The van der Waals surface area contributed by atoms with Gasteiger partial charge in [0.1, 0.15) is 0 Å². The van der Waals surface area contributed by atoms with Crippen LogP contribution < -0.4 is 24.0 Å². The van der Waals surface area contributed by atoms with Crippen molar-refractivity contribution in [3.05, 3.63) is 87.2 Å². The van der Waals surface area contributed by atoms with Crippen LogP contribution in [0.15, 0.2) is 48.7 Å². The summed E-state index contributed by atoms with van der Waals surface area (Å²) in [7, 11) is 0. The summed E-state index contributed by atoms with van der Waals surface area (Å²) in [6, 6.07) is 13.4. The number of carboxylic acids is 1. The third kappa shape index (κ3) is 5.52. The number of aromatic carboxylic acids is 1. The molecule has 0 N–H and O–H groups in total. The van der Waals surface area contributed by atoms with Gasteiger partial charge in [0.05, 0.1) is 30.4 Å². The van der Waals surface area contributed by atoms with Gasteiger partial charge in [0.15, 0.2) is 0 Å². The van der Waals surface area contributed by atoms with Gasteiger partial charge >= 0.3 is 18.9 Å². The zero-order valence-electron chi connectivity index (χ0n) is 21.5. The first-order valence-electron chi connectivity index (χ1n) is 12.2. The van der Waals surface area contributed by atoms with Crippen LogP contribution in [-0.4, -0.2) is 65.1 Å². The van der Waals surface area contributed by atoms with Crippen molar-refractivity contribution in [1.29, 1.82) is 0 Å². The van der Waals surface area contributed by atoms with E-state index in [2.05, 4.69) is 17.0 Å². The number of amides is 1. The van der Waals surface area contributed by atoms with Gasteiger partial charge in [-0.1, -0.05) is 35.9 Å². The van der Waals surface area contributed by atoms with E-state index in [1.54, 1.807) is 29.7 Å². The van der Waals surface area contributed by atoms with Crippen molar-refractivity contribution in [3.8, 4) is 5.69 Å². The molecule has 0 radical (unpaired) electrons. The van der Waals surface area contributed by atoms with Crippen LogP contribution in [0.2, 0.25) is 5.02 Å². The number of morpholine rings is 1. The molecule has 3 heterocycles. The van der Waals surface area contributed by atoms with Gasteiger partial charge in [-0.2, -0.15) is 0 Å². The van der Waals surface area contributed by atoms with Gasteiger partial charge in [0.2, 0.25) is 0 Å². The Morgan fingerprint density at radius 1 is 1.05 bits per heavy atom. The predicted octanol–water partition coefficient (Wildman–Crippen LogP) is 0.0143. The molecule has 5 rings (SSSR count). The molecular weight excluding hydrogens is 485 g/mol. The fourth-order valence-electron chi connectivity index (χ4n) is 5.26. The number of fused-ring (bicyclic) bond motifs is 1. The summed E-state index contributed by atoms with van der Waals surface area (Å²) in [6.07, 6.45) is 2.29. The summed E-state index contributed by atoms with van der Waals surface area (Å²) in [5, 5.41) is 12.1. The molecule has 3 aromatic rings. The molecule has 1 aromatic heterocycles.